The Morgan fingerprint density at radius 2 is 2.20 bits per heavy atom. The number of nitrogens with zero attached hydrogens (tertiary/aromatic N) is 2. The van der Waals surface area contributed by atoms with E-state index in [-0.39, 0.29) is 10.9 Å². The Hall–Kier alpha value is -2.58. The highest BCUT2D eigenvalue weighted by Crippen LogP contribution is 2.21. The molecule has 1 aromatic heterocycles. The van der Waals surface area contributed by atoms with Crippen LogP contribution in [0.3, 0.4) is 0 Å². The Labute approximate surface area is 121 Å². The van der Waals surface area contributed by atoms with Crippen LogP contribution in [0.15, 0.2) is 30.5 Å². The third-order valence-electron chi connectivity index (χ3n) is 2.70. The van der Waals surface area contributed by atoms with Crippen LogP contribution >= 0.6 is 11.6 Å². The highest BCUT2D eigenvalue weighted by Gasteiger charge is 2.11. The molecule has 0 spiro atoms. The standard InChI is InChI=1S/C14H11ClN4O/c1-8-12(4-10(17)7-18-8)14(20)19-11-3-2-9(6-16)13(15)5-11/h2-5,7H,17H2,1H3,(H,19,20). The maximum absolute atomic E-state index is 12.1. The first-order valence-electron chi connectivity index (χ1n) is 5.74. The molecule has 0 aliphatic rings. The highest BCUT2D eigenvalue weighted by atomic mass is 35.5. The largest absolute Gasteiger partial charge is 0.397 e. The molecular weight excluding hydrogens is 276 g/mol. The molecule has 0 aliphatic heterocycles. The average molecular weight is 287 g/mol. The smallest absolute Gasteiger partial charge is 0.257 e. The number of aromatic nitrogens is 1. The van der Waals surface area contributed by atoms with Crippen molar-refractivity contribution in [3.63, 3.8) is 0 Å². The first-order valence-corrected chi connectivity index (χ1v) is 6.12. The summed E-state index contributed by atoms with van der Waals surface area (Å²) in [6.07, 6.45) is 1.49. The third kappa shape index (κ3) is 2.87. The lowest BCUT2D eigenvalue weighted by Gasteiger charge is -2.08. The van der Waals surface area contributed by atoms with Crippen LogP contribution in [0.1, 0.15) is 21.6 Å². The number of carbonyl (C=O) groups excluding carboxylic acids is 1. The van der Waals surface area contributed by atoms with E-state index in [1.54, 1.807) is 25.1 Å². The monoisotopic (exact) mass is 286 g/mol. The average Bonchev–Trinajstić information content (AvgIpc) is 2.41. The van der Waals surface area contributed by atoms with Gasteiger partial charge in [-0.3, -0.25) is 9.78 Å². The summed E-state index contributed by atoms with van der Waals surface area (Å²) in [6.45, 7) is 1.72. The molecule has 0 aliphatic carbocycles. The number of rotatable bonds is 2. The fraction of sp³-hybridized carbons (Fsp3) is 0.0714. The van der Waals surface area contributed by atoms with Crippen LogP contribution in [0, 0.1) is 18.3 Å². The number of carbonyl (C=O) groups is 1. The van der Waals surface area contributed by atoms with Crippen molar-refractivity contribution < 1.29 is 4.79 Å². The molecular formula is C14H11ClN4O. The van der Waals surface area contributed by atoms with Crippen LogP contribution in [0.5, 0.6) is 0 Å². The predicted octanol–water partition coefficient (Wildman–Crippen LogP) is 2.75. The SMILES string of the molecule is Cc1ncc(N)cc1C(=O)Nc1ccc(C#N)c(Cl)c1. The fourth-order valence-electron chi connectivity index (χ4n) is 1.66. The molecule has 0 saturated heterocycles. The van der Waals surface area contributed by atoms with Crippen LogP contribution in [0.25, 0.3) is 0 Å². The molecule has 3 N–H and O–H groups in total. The second-order valence-corrected chi connectivity index (χ2v) is 4.57. The van der Waals surface area contributed by atoms with E-state index in [0.29, 0.717) is 28.2 Å². The van der Waals surface area contributed by atoms with E-state index in [1.165, 1.54) is 12.3 Å². The molecule has 0 bridgehead atoms. The Balaban J connectivity index is 2.26. The van der Waals surface area contributed by atoms with Gasteiger partial charge < -0.3 is 11.1 Å². The number of halogens is 1. The van der Waals surface area contributed by atoms with Crippen LogP contribution in [0.4, 0.5) is 11.4 Å². The van der Waals surface area contributed by atoms with Gasteiger partial charge in [0.2, 0.25) is 0 Å². The Bertz CT molecular complexity index is 722. The van der Waals surface area contributed by atoms with Crippen molar-refractivity contribution >= 4 is 28.9 Å². The van der Waals surface area contributed by atoms with Gasteiger partial charge in [0.25, 0.3) is 5.91 Å². The summed E-state index contributed by atoms with van der Waals surface area (Å²) in [6, 6.07) is 8.18. The molecule has 0 unspecified atom stereocenters. The maximum atomic E-state index is 12.1. The summed E-state index contributed by atoms with van der Waals surface area (Å²) >= 11 is 5.91. The van der Waals surface area contributed by atoms with Gasteiger partial charge in [0.15, 0.2) is 0 Å². The third-order valence-corrected chi connectivity index (χ3v) is 3.01. The second kappa shape index (κ2) is 5.59. The Morgan fingerprint density at radius 1 is 1.45 bits per heavy atom. The summed E-state index contributed by atoms with van der Waals surface area (Å²) in [5.41, 5.74) is 7.86. The molecule has 0 saturated carbocycles. The number of nitriles is 1. The Morgan fingerprint density at radius 3 is 2.85 bits per heavy atom. The maximum Gasteiger partial charge on any atom is 0.257 e. The van der Waals surface area contributed by atoms with E-state index in [9.17, 15) is 4.79 Å². The summed E-state index contributed by atoms with van der Waals surface area (Å²) < 4.78 is 0. The number of benzene rings is 1. The van der Waals surface area contributed by atoms with E-state index >= 15 is 0 Å². The molecule has 0 radical (unpaired) electrons. The summed E-state index contributed by atoms with van der Waals surface area (Å²) in [4.78, 5) is 16.2. The molecule has 2 aromatic rings. The van der Waals surface area contributed by atoms with Crippen molar-refractivity contribution in [3.05, 3.63) is 52.3 Å². The van der Waals surface area contributed by atoms with Gasteiger partial charge in [0.05, 0.1) is 33.7 Å². The zero-order valence-electron chi connectivity index (χ0n) is 10.6. The number of nitrogens with two attached hydrogens (primary N) is 1. The number of hydrogen-bond acceptors (Lipinski definition) is 4. The zero-order chi connectivity index (χ0) is 14.7. The van der Waals surface area contributed by atoms with E-state index in [1.807, 2.05) is 6.07 Å². The first-order chi connectivity index (χ1) is 9.51. The molecule has 1 aromatic carbocycles. The van der Waals surface area contributed by atoms with Crippen molar-refractivity contribution in [2.45, 2.75) is 6.92 Å². The van der Waals surface area contributed by atoms with Crippen molar-refractivity contribution in [2.75, 3.05) is 11.1 Å². The van der Waals surface area contributed by atoms with Crippen LogP contribution < -0.4 is 11.1 Å². The van der Waals surface area contributed by atoms with Crippen molar-refractivity contribution in [1.82, 2.24) is 4.98 Å². The molecule has 5 nitrogen and oxygen atoms in total. The van der Waals surface area contributed by atoms with E-state index in [0.717, 1.165) is 0 Å². The minimum atomic E-state index is -0.330. The number of amides is 1. The van der Waals surface area contributed by atoms with Gasteiger partial charge in [-0.15, -0.1) is 0 Å². The molecule has 100 valence electrons. The van der Waals surface area contributed by atoms with E-state index < -0.39 is 0 Å². The van der Waals surface area contributed by atoms with Crippen LogP contribution in [-0.4, -0.2) is 10.9 Å². The quantitative estimate of drug-likeness (QED) is 0.888. The van der Waals surface area contributed by atoms with E-state index in [2.05, 4.69) is 10.3 Å². The molecule has 1 heterocycles. The highest BCUT2D eigenvalue weighted by molar-refractivity contribution is 6.32. The van der Waals surface area contributed by atoms with Gasteiger partial charge in [0, 0.05) is 5.69 Å². The summed E-state index contributed by atoms with van der Waals surface area (Å²) in [7, 11) is 0. The minimum absolute atomic E-state index is 0.285. The van der Waals surface area contributed by atoms with Crippen LogP contribution in [0.2, 0.25) is 5.02 Å². The number of nitrogens with one attached hydrogen (secondary N) is 1. The lowest BCUT2D eigenvalue weighted by Crippen LogP contribution is -2.14. The molecule has 1 amide bonds. The van der Waals surface area contributed by atoms with Crippen molar-refractivity contribution in [2.24, 2.45) is 0 Å². The summed E-state index contributed by atoms with van der Waals surface area (Å²) in [5, 5.41) is 11.8. The topological polar surface area (TPSA) is 91.8 Å². The number of nitrogen functional groups attached to an aromatic ring is 1. The number of hydrogen-bond donors (Lipinski definition) is 2. The number of pyridine rings is 1. The van der Waals surface area contributed by atoms with Gasteiger partial charge in [-0.05, 0) is 31.2 Å². The number of anilines is 2. The lowest BCUT2D eigenvalue weighted by molar-refractivity contribution is 0.102. The normalized spacial score (nSPS) is 9.85. The Kier molecular flexibility index (Phi) is 3.87. The molecule has 20 heavy (non-hydrogen) atoms. The zero-order valence-corrected chi connectivity index (χ0v) is 11.4. The first kappa shape index (κ1) is 13.8. The predicted molar refractivity (Wildman–Crippen MR) is 77.5 cm³/mol. The molecule has 2 rings (SSSR count). The van der Waals surface area contributed by atoms with Gasteiger partial charge in [-0.1, -0.05) is 11.6 Å². The lowest BCUT2D eigenvalue weighted by atomic mass is 10.1. The van der Waals surface area contributed by atoms with Gasteiger partial charge >= 0.3 is 0 Å². The minimum Gasteiger partial charge on any atom is -0.397 e. The second-order valence-electron chi connectivity index (χ2n) is 4.16. The number of aryl methyl sites for hydroxylation is 1. The molecule has 0 fully saturated rings. The molecule has 0 atom stereocenters. The van der Waals surface area contributed by atoms with Crippen molar-refractivity contribution in [3.8, 4) is 6.07 Å². The van der Waals surface area contributed by atoms with Crippen LogP contribution in [-0.2, 0) is 0 Å². The molecule has 6 heteroatoms. The van der Waals surface area contributed by atoms with Gasteiger partial charge in [-0.2, -0.15) is 5.26 Å². The summed E-state index contributed by atoms with van der Waals surface area (Å²) in [5.74, 6) is -0.330. The fourth-order valence-corrected chi connectivity index (χ4v) is 1.88. The van der Waals surface area contributed by atoms with Crippen molar-refractivity contribution in [1.29, 1.82) is 5.26 Å². The van der Waals surface area contributed by atoms with Gasteiger partial charge in [0.1, 0.15) is 6.07 Å². The van der Waals surface area contributed by atoms with E-state index in [4.69, 9.17) is 22.6 Å². The van der Waals surface area contributed by atoms with Gasteiger partial charge in [-0.25, -0.2) is 0 Å².